The molecule has 9 heteroatoms. The molecule has 0 bridgehead atoms. The molecular weight excluding hydrogens is 364 g/mol. The van der Waals surface area contributed by atoms with Gasteiger partial charge in [0.2, 0.25) is 10.0 Å². The van der Waals surface area contributed by atoms with E-state index in [1.807, 2.05) is 0 Å². The smallest absolute Gasteiger partial charge is 0.240 e. The van der Waals surface area contributed by atoms with E-state index in [0.29, 0.717) is 11.8 Å². The summed E-state index contributed by atoms with van der Waals surface area (Å²) >= 11 is 5.89. The fraction of sp³-hybridized carbons (Fsp3) is 0.200. The van der Waals surface area contributed by atoms with Crippen molar-refractivity contribution in [2.75, 3.05) is 20.3 Å². The molecule has 0 saturated heterocycles. The average molecular weight is 378 g/mol. The minimum Gasteiger partial charge on any atom is -0.495 e. The highest BCUT2D eigenvalue weighted by Crippen LogP contribution is 2.26. The Labute approximate surface area is 143 Å². The molecule has 0 fully saturated rings. The normalized spacial score (nSPS) is 11.3. The molecule has 0 amide bonds. The predicted molar refractivity (Wildman–Crippen MR) is 85.0 cm³/mol. The fourth-order valence-corrected chi connectivity index (χ4v) is 3.19. The zero-order chi connectivity index (χ0) is 17.7. The Bertz CT molecular complexity index is 830. The maximum Gasteiger partial charge on any atom is 0.240 e. The van der Waals surface area contributed by atoms with E-state index in [1.54, 1.807) is 0 Å². The molecule has 130 valence electrons. The Kier molecular flexibility index (Phi) is 5.98. The molecular formula is C15H14ClF2NO4S. The number of nitrogens with one attached hydrogen (secondary N) is 1. The lowest BCUT2D eigenvalue weighted by atomic mass is 10.3. The van der Waals surface area contributed by atoms with Crippen LogP contribution in [-0.4, -0.2) is 28.7 Å². The second kappa shape index (κ2) is 7.78. The van der Waals surface area contributed by atoms with E-state index >= 15 is 0 Å². The monoisotopic (exact) mass is 377 g/mol. The summed E-state index contributed by atoms with van der Waals surface area (Å²) in [6.07, 6.45) is 0. The van der Waals surface area contributed by atoms with Crippen molar-refractivity contribution < 1.29 is 26.7 Å². The van der Waals surface area contributed by atoms with Crippen LogP contribution in [0.15, 0.2) is 41.3 Å². The topological polar surface area (TPSA) is 64.6 Å². The molecule has 2 aromatic carbocycles. The van der Waals surface area contributed by atoms with E-state index in [2.05, 4.69) is 4.72 Å². The van der Waals surface area contributed by atoms with Gasteiger partial charge < -0.3 is 9.47 Å². The maximum atomic E-state index is 13.4. The fourth-order valence-electron chi connectivity index (χ4n) is 1.83. The predicted octanol–water partition coefficient (Wildman–Crippen LogP) is 2.98. The van der Waals surface area contributed by atoms with Crippen LogP contribution in [0.25, 0.3) is 0 Å². The maximum absolute atomic E-state index is 13.4. The molecule has 5 nitrogen and oxygen atoms in total. The van der Waals surface area contributed by atoms with Gasteiger partial charge in [0.15, 0.2) is 11.6 Å². The van der Waals surface area contributed by atoms with Gasteiger partial charge in [-0.25, -0.2) is 21.9 Å². The van der Waals surface area contributed by atoms with Gasteiger partial charge in [0.25, 0.3) is 0 Å². The van der Waals surface area contributed by atoms with Crippen molar-refractivity contribution in [2.24, 2.45) is 0 Å². The Morgan fingerprint density at radius 2 is 1.83 bits per heavy atom. The van der Waals surface area contributed by atoms with Crippen molar-refractivity contribution in [3.63, 3.8) is 0 Å². The van der Waals surface area contributed by atoms with Crippen LogP contribution >= 0.6 is 11.6 Å². The number of rotatable bonds is 7. The van der Waals surface area contributed by atoms with E-state index in [4.69, 9.17) is 21.1 Å². The van der Waals surface area contributed by atoms with Crippen LogP contribution in [0.3, 0.4) is 0 Å². The van der Waals surface area contributed by atoms with Crippen LogP contribution in [-0.2, 0) is 10.0 Å². The Morgan fingerprint density at radius 1 is 1.12 bits per heavy atom. The van der Waals surface area contributed by atoms with Gasteiger partial charge in [0, 0.05) is 12.6 Å². The van der Waals surface area contributed by atoms with Crippen molar-refractivity contribution in [1.82, 2.24) is 4.72 Å². The van der Waals surface area contributed by atoms with E-state index in [0.717, 1.165) is 12.1 Å². The molecule has 0 atom stereocenters. The largest absolute Gasteiger partial charge is 0.495 e. The van der Waals surface area contributed by atoms with Gasteiger partial charge in [0.1, 0.15) is 18.2 Å². The van der Waals surface area contributed by atoms with E-state index in [9.17, 15) is 17.2 Å². The lowest BCUT2D eigenvalue weighted by Crippen LogP contribution is -2.28. The summed E-state index contributed by atoms with van der Waals surface area (Å²) in [5, 5.41) is 0.157. The molecule has 0 unspecified atom stereocenters. The van der Waals surface area contributed by atoms with E-state index < -0.39 is 21.7 Å². The molecule has 0 aliphatic heterocycles. The number of sulfonamides is 1. The first-order valence-corrected chi connectivity index (χ1v) is 8.60. The summed E-state index contributed by atoms with van der Waals surface area (Å²) < 4.78 is 62.7. The third-order valence-corrected chi connectivity index (χ3v) is 4.73. The van der Waals surface area contributed by atoms with Gasteiger partial charge in [-0.15, -0.1) is 0 Å². The lowest BCUT2D eigenvalue weighted by Gasteiger charge is -2.10. The molecule has 2 aromatic rings. The van der Waals surface area contributed by atoms with Crippen LogP contribution in [0.5, 0.6) is 11.5 Å². The summed E-state index contributed by atoms with van der Waals surface area (Å²) in [6, 6.07) is 6.88. The molecule has 2 rings (SSSR count). The Balaban J connectivity index is 1.94. The van der Waals surface area contributed by atoms with Crippen LogP contribution in [0.2, 0.25) is 5.02 Å². The highest BCUT2D eigenvalue weighted by Gasteiger charge is 2.15. The third-order valence-electron chi connectivity index (χ3n) is 2.98. The highest BCUT2D eigenvalue weighted by molar-refractivity contribution is 7.89. The molecule has 0 saturated carbocycles. The van der Waals surface area contributed by atoms with Gasteiger partial charge in [-0.05, 0) is 30.3 Å². The van der Waals surface area contributed by atoms with Crippen molar-refractivity contribution in [1.29, 1.82) is 0 Å². The Hall–Kier alpha value is -1.90. The number of benzene rings is 2. The van der Waals surface area contributed by atoms with E-state index in [1.165, 1.54) is 25.3 Å². The van der Waals surface area contributed by atoms with Gasteiger partial charge in [-0.1, -0.05) is 11.6 Å². The Morgan fingerprint density at radius 3 is 2.46 bits per heavy atom. The number of hydrogen-bond acceptors (Lipinski definition) is 4. The molecule has 0 spiro atoms. The molecule has 1 N–H and O–H groups in total. The third kappa shape index (κ3) is 4.56. The number of methoxy groups -OCH3 is 1. The highest BCUT2D eigenvalue weighted by atomic mass is 35.5. The van der Waals surface area contributed by atoms with Crippen molar-refractivity contribution in [2.45, 2.75) is 4.90 Å². The summed E-state index contributed by atoms with van der Waals surface area (Å²) in [6.45, 7) is -0.242. The van der Waals surface area contributed by atoms with Gasteiger partial charge in [-0.3, -0.25) is 0 Å². The second-order valence-corrected chi connectivity index (χ2v) is 6.79. The lowest BCUT2D eigenvalue weighted by molar-refractivity contribution is 0.305. The molecule has 0 aliphatic rings. The number of hydrogen-bond donors (Lipinski definition) is 1. The van der Waals surface area contributed by atoms with Crippen molar-refractivity contribution in [3.8, 4) is 11.5 Å². The minimum atomic E-state index is -3.80. The first kappa shape index (κ1) is 18.4. The summed E-state index contributed by atoms with van der Waals surface area (Å²) in [7, 11) is -2.39. The van der Waals surface area contributed by atoms with Crippen LogP contribution in [0, 0.1) is 11.6 Å². The quantitative estimate of drug-likeness (QED) is 0.753. The zero-order valence-electron chi connectivity index (χ0n) is 12.6. The first-order valence-electron chi connectivity index (χ1n) is 6.74. The minimum absolute atomic E-state index is 0.0405. The van der Waals surface area contributed by atoms with E-state index in [-0.39, 0.29) is 28.8 Å². The summed E-state index contributed by atoms with van der Waals surface area (Å²) in [5.74, 6) is -1.40. The zero-order valence-corrected chi connectivity index (χ0v) is 14.1. The number of halogens is 3. The molecule has 0 aromatic heterocycles. The standard InChI is InChI=1S/C15H14ClF2NO4S/c1-22-14-5-3-11(9-12(14)16)24(20,21)19-6-7-23-15-4-2-10(17)8-13(15)18/h2-5,8-9,19H,6-7H2,1H3. The average Bonchev–Trinajstić information content (AvgIpc) is 2.53. The van der Waals surface area contributed by atoms with Gasteiger partial charge >= 0.3 is 0 Å². The SMILES string of the molecule is COc1ccc(S(=O)(=O)NCCOc2ccc(F)cc2F)cc1Cl. The van der Waals surface area contributed by atoms with Gasteiger partial charge in [-0.2, -0.15) is 0 Å². The van der Waals surface area contributed by atoms with Crippen molar-refractivity contribution in [3.05, 3.63) is 53.1 Å². The van der Waals surface area contributed by atoms with Gasteiger partial charge in [0.05, 0.1) is 17.0 Å². The molecule has 0 radical (unpaired) electrons. The van der Waals surface area contributed by atoms with Crippen LogP contribution < -0.4 is 14.2 Å². The van der Waals surface area contributed by atoms with Crippen LogP contribution in [0.1, 0.15) is 0 Å². The molecule has 24 heavy (non-hydrogen) atoms. The summed E-state index contributed by atoms with van der Waals surface area (Å²) in [4.78, 5) is -0.0405. The molecule has 0 aliphatic carbocycles. The second-order valence-electron chi connectivity index (χ2n) is 4.62. The molecule has 0 heterocycles. The first-order chi connectivity index (χ1) is 11.3. The van der Waals surface area contributed by atoms with Crippen molar-refractivity contribution >= 4 is 21.6 Å². The number of ether oxygens (including phenoxy) is 2. The van der Waals surface area contributed by atoms with Crippen LogP contribution in [0.4, 0.5) is 8.78 Å². The summed E-state index contributed by atoms with van der Waals surface area (Å²) in [5.41, 5.74) is 0.